The van der Waals surface area contributed by atoms with Crippen LogP contribution in [0.2, 0.25) is 0 Å². The van der Waals surface area contributed by atoms with Crippen molar-refractivity contribution in [1.29, 1.82) is 0 Å². The van der Waals surface area contributed by atoms with Crippen molar-refractivity contribution in [3.05, 3.63) is 12.2 Å². The van der Waals surface area contributed by atoms with Crippen LogP contribution in [0.25, 0.3) is 0 Å². The van der Waals surface area contributed by atoms with Crippen molar-refractivity contribution in [1.82, 2.24) is 4.90 Å². The van der Waals surface area contributed by atoms with Gasteiger partial charge in [-0.25, -0.2) is 0 Å². The number of carbonyl (C=O) groups excluding carboxylic acids is 1. The molecule has 0 unspecified atom stereocenters. The molecule has 2 rings (SSSR count). The van der Waals surface area contributed by atoms with E-state index in [0.717, 1.165) is 32.1 Å². The second kappa shape index (κ2) is 7.09. The molecule has 1 atom stereocenters. The van der Waals surface area contributed by atoms with Crippen molar-refractivity contribution in [3.63, 3.8) is 0 Å². The van der Waals surface area contributed by atoms with Crippen LogP contribution >= 0.6 is 0 Å². The molecule has 0 bridgehead atoms. The van der Waals surface area contributed by atoms with E-state index in [-0.39, 0.29) is 0 Å². The van der Waals surface area contributed by atoms with Gasteiger partial charge in [0.2, 0.25) is 5.91 Å². The zero-order chi connectivity index (χ0) is 13.7. The molecule has 0 saturated carbocycles. The molecule has 1 saturated heterocycles. The normalized spacial score (nSPS) is 25.0. The van der Waals surface area contributed by atoms with Crippen molar-refractivity contribution in [3.8, 4) is 0 Å². The minimum Gasteiger partial charge on any atom is -0.332 e. The quantitative estimate of drug-likeness (QED) is 0.757. The lowest BCUT2D eigenvalue weighted by Crippen LogP contribution is -3.15. The molecular formula is C16H29N2O+. The summed E-state index contributed by atoms with van der Waals surface area (Å²) >= 11 is 0. The van der Waals surface area contributed by atoms with Crippen molar-refractivity contribution >= 4 is 5.91 Å². The first-order valence-corrected chi connectivity index (χ1v) is 7.91. The predicted molar refractivity (Wildman–Crippen MR) is 78.1 cm³/mol. The number of nitrogens with one attached hydrogen (secondary N) is 1. The topological polar surface area (TPSA) is 24.8 Å². The van der Waals surface area contributed by atoms with Gasteiger partial charge in [0.05, 0.1) is 32.7 Å². The smallest absolute Gasteiger partial charge is 0.223 e. The van der Waals surface area contributed by atoms with Crippen LogP contribution in [0.15, 0.2) is 12.2 Å². The number of rotatable bonds is 4. The maximum Gasteiger partial charge on any atom is 0.223 e. The highest BCUT2D eigenvalue weighted by Crippen LogP contribution is 2.16. The van der Waals surface area contributed by atoms with Gasteiger partial charge in [0.1, 0.15) is 0 Å². The Bertz CT molecular complexity index is 317. The van der Waals surface area contributed by atoms with E-state index in [1.165, 1.54) is 25.8 Å². The lowest BCUT2D eigenvalue weighted by molar-refractivity contribution is -0.907. The summed E-state index contributed by atoms with van der Waals surface area (Å²) in [6.07, 6.45) is 9.25. The number of hydrogen-bond acceptors (Lipinski definition) is 1. The Balaban J connectivity index is 1.70. The molecule has 0 aromatic heterocycles. The van der Waals surface area contributed by atoms with Crippen LogP contribution in [0.1, 0.15) is 39.5 Å². The third-order valence-electron chi connectivity index (χ3n) is 4.36. The molecule has 1 heterocycles. The summed E-state index contributed by atoms with van der Waals surface area (Å²) in [5.74, 6) is 1.71. The first-order chi connectivity index (χ1) is 9.15. The van der Waals surface area contributed by atoms with Gasteiger partial charge in [0, 0.05) is 12.3 Å². The number of piperazine rings is 1. The fraction of sp³-hybridized carbons (Fsp3) is 0.812. The van der Waals surface area contributed by atoms with Crippen LogP contribution in [0.3, 0.4) is 0 Å². The van der Waals surface area contributed by atoms with Crippen molar-refractivity contribution in [2.75, 3.05) is 32.7 Å². The number of amides is 1. The molecule has 0 spiro atoms. The molecule has 2 aliphatic rings. The SMILES string of the molecule is CC(C)CC(=O)N1CC[NH+](C[C@H]2CC=CCC2)CC1. The molecule has 108 valence electrons. The minimum atomic E-state index is 0.356. The summed E-state index contributed by atoms with van der Waals surface area (Å²) in [5.41, 5.74) is 0. The van der Waals surface area contributed by atoms with Gasteiger partial charge in [-0.15, -0.1) is 0 Å². The molecule has 1 fully saturated rings. The van der Waals surface area contributed by atoms with Gasteiger partial charge in [-0.3, -0.25) is 4.79 Å². The van der Waals surface area contributed by atoms with Crippen molar-refractivity contribution < 1.29 is 9.69 Å². The molecular weight excluding hydrogens is 236 g/mol. The van der Waals surface area contributed by atoms with E-state index in [0.29, 0.717) is 18.2 Å². The highest BCUT2D eigenvalue weighted by atomic mass is 16.2. The van der Waals surface area contributed by atoms with Gasteiger partial charge >= 0.3 is 0 Å². The van der Waals surface area contributed by atoms with Crippen molar-refractivity contribution in [2.45, 2.75) is 39.5 Å². The maximum absolute atomic E-state index is 12.0. The van der Waals surface area contributed by atoms with Gasteiger partial charge in [-0.05, 0) is 25.2 Å². The fourth-order valence-corrected chi connectivity index (χ4v) is 3.20. The molecule has 1 aliphatic carbocycles. The maximum atomic E-state index is 12.0. The summed E-state index contributed by atoms with van der Waals surface area (Å²) in [6.45, 7) is 9.75. The highest BCUT2D eigenvalue weighted by Gasteiger charge is 2.25. The van der Waals surface area contributed by atoms with Crippen LogP contribution < -0.4 is 4.90 Å². The summed E-state index contributed by atoms with van der Waals surface area (Å²) in [7, 11) is 0. The van der Waals surface area contributed by atoms with Gasteiger partial charge < -0.3 is 9.80 Å². The Morgan fingerprint density at radius 1 is 1.32 bits per heavy atom. The number of carbonyl (C=O) groups is 1. The third kappa shape index (κ3) is 4.64. The van der Waals surface area contributed by atoms with Crippen LogP contribution in [0, 0.1) is 11.8 Å². The van der Waals surface area contributed by atoms with Crippen LogP contribution in [-0.4, -0.2) is 43.5 Å². The average Bonchev–Trinajstić information content (AvgIpc) is 2.40. The minimum absolute atomic E-state index is 0.356. The molecule has 1 amide bonds. The van der Waals surface area contributed by atoms with Crippen LogP contribution in [0.4, 0.5) is 0 Å². The lowest BCUT2D eigenvalue weighted by atomic mass is 9.94. The number of quaternary nitrogens is 1. The van der Waals surface area contributed by atoms with Gasteiger partial charge in [0.25, 0.3) is 0 Å². The van der Waals surface area contributed by atoms with E-state index in [1.54, 1.807) is 4.90 Å². The zero-order valence-electron chi connectivity index (χ0n) is 12.5. The van der Waals surface area contributed by atoms with Crippen LogP contribution in [0.5, 0.6) is 0 Å². The highest BCUT2D eigenvalue weighted by molar-refractivity contribution is 5.76. The molecule has 1 aliphatic heterocycles. The Morgan fingerprint density at radius 2 is 2.05 bits per heavy atom. The van der Waals surface area contributed by atoms with E-state index in [1.807, 2.05) is 0 Å². The predicted octanol–water partition coefficient (Wildman–Crippen LogP) is 1.12. The van der Waals surface area contributed by atoms with Crippen molar-refractivity contribution in [2.24, 2.45) is 11.8 Å². The van der Waals surface area contributed by atoms with E-state index in [9.17, 15) is 4.79 Å². The Kier molecular flexibility index (Phi) is 5.44. The lowest BCUT2D eigenvalue weighted by Gasteiger charge is -2.34. The number of hydrogen-bond donors (Lipinski definition) is 1. The average molecular weight is 265 g/mol. The van der Waals surface area contributed by atoms with E-state index in [2.05, 4.69) is 30.9 Å². The molecule has 1 N–H and O–H groups in total. The Hall–Kier alpha value is -0.830. The van der Waals surface area contributed by atoms with Gasteiger partial charge in [0.15, 0.2) is 0 Å². The number of allylic oxidation sites excluding steroid dienone is 2. The molecule has 0 aromatic rings. The van der Waals surface area contributed by atoms with Gasteiger partial charge in [-0.2, -0.15) is 0 Å². The number of nitrogens with zero attached hydrogens (tertiary/aromatic N) is 1. The summed E-state index contributed by atoms with van der Waals surface area (Å²) in [4.78, 5) is 15.8. The zero-order valence-corrected chi connectivity index (χ0v) is 12.5. The largest absolute Gasteiger partial charge is 0.332 e. The fourth-order valence-electron chi connectivity index (χ4n) is 3.20. The van der Waals surface area contributed by atoms with Gasteiger partial charge in [-0.1, -0.05) is 26.0 Å². The molecule has 3 heteroatoms. The van der Waals surface area contributed by atoms with E-state index < -0.39 is 0 Å². The summed E-state index contributed by atoms with van der Waals surface area (Å²) in [5, 5.41) is 0. The Labute approximate surface area is 117 Å². The van der Waals surface area contributed by atoms with Crippen LogP contribution in [-0.2, 0) is 4.79 Å². The molecule has 19 heavy (non-hydrogen) atoms. The molecule has 0 aromatic carbocycles. The second-order valence-electron chi connectivity index (χ2n) is 6.58. The summed E-state index contributed by atoms with van der Waals surface area (Å²) < 4.78 is 0. The summed E-state index contributed by atoms with van der Waals surface area (Å²) in [6, 6.07) is 0. The standard InChI is InChI=1S/C16H28N2O/c1-14(2)12-16(19)18-10-8-17(9-11-18)13-15-6-4-3-5-7-15/h3-4,14-15H,5-13H2,1-2H3/p+1/t15-/m0/s1. The van der Waals surface area contributed by atoms with E-state index in [4.69, 9.17) is 0 Å². The second-order valence-corrected chi connectivity index (χ2v) is 6.58. The molecule has 0 radical (unpaired) electrons. The monoisotopic (exact) mass is 265 g/mol. The molecule has 3 nitrogen and oxygen atoms in total. The first kappa shape index (κ1) is 14.6. The first-order valence-electron chi connectivity index (χ1n) is 7.91. The third-order valence-corrected chi connectivity index (χ3v) is 4.36. The Morgan fingerprint density at radius 3 is 2.63 bits per heavy atom. The van der Waals surface area contributed by atoms with E-state index >= 15 is 0 Å².